The molecule has 0 aliphatic carbocycles. The first-order chi connectivity index (χ1) is 13.4. The Morgan fingerprint density at radius 1 is 1.07 bits per heavy atom. The lowest BCUT2D eigenvalue weighted by Crippen LogP contribution is -2.33. The maximum Gasteiger partial charge on any atom is 0.355 e. The summed E-state index contributed by atoms with van der Waals surface area (Å²) in [5.41, 5.74) is 1.41. The monoisotopic (exact) mass is 400 g/mol. The van der Waals surface area contributed by atoms with Crippen molar-refractivity contribution in [2.24, 2.45) is 0 Å². The summed E-state index contributed by atoms with van der Waals surface area (Å²) in [6.07, 6.45) is 1.48. The fraction of sp³-hybridized carbons (Fsp3) is 0.190. The number of esters is 1. The first kappa shape index (κ1) is 21.2. The van der Waals surface area contributed by atoms with E-state index in [9.17, 15) is 14.4 Å². The van der Waals surface area contributed by atoms with Crippen molar-refractivity contribution in [1.29, 1.82) is 0 Å². The minimum Gasteiger partial charge on any atom is -0.451 e. The van der Waals surface area contributed by atoms with Gasteiger partial charge in [0, 0.05) is 11.9 Å². The molecule has 2 rings (SSSR count). The Bertz CT molecular complexity index is 881. The van der Waals surface area contributed by atoms with E-state index in [-0.39, 0.29) is 11.7 Å². The Morgan fingerprint density at radius 3 is 2.36 bits per heavy atom. The van der Waals surface area contributed by atoms with Gasteiger partial charge in [0.05, 0.1) is 6.04 Å². The van der Waals surface area contributed by atoms with Crippen LogP contribution in [0.25, 0.3) is 6.08 Å². The molecule has 1 atom stereocenters. The van der Waals surface area contributed by atoms with Crippen LogP contribution >= 0.6 is 11.6 Å². The molecule has 2 aromatic rings. The molecule has 0 saturated heterocycles. The molecule has 6 nitrogen and oxygen atoms in total. The number of benzene rings is 2. The van der Waals surface area contributed by atoms with Gasteiger partial charge in [0.2, 0.25) is 5.91 Å². The lowest BCUT2D eigenvalue weighted by molar-refractivity contribution is -0.145. The Kier molecular flexibility index (Phi) is 7.77. The normalized spacial score (nSPS) is 12.0. The Labute approximate surface area is 168 Å². The van der Waals surface area contributed by atoms with Crippen molar-refractivity contribution >= 4 is 35.5 Å². The molecule has 0 heterocycles. The van der Waals surface area contributed by atoms with E-state index in [0.29, 0.717) is 10.6 Å². The van der Waals surface area contributed by atoms with Crippen LogP contribution in [0.2, 0.25) is 5.02 Å². The molecule has 0 radical (unpaired) electrons. The zero-order chi connectivity index (χ0) is 20.5. The van der Waals surface area contributed by atoms with E-state index >= 15 is 0 Å². The van der Waals surface area contributed by atoms with Gasteiger partial charge >= 0.3 is 5.97 Å². The number of rotatable bonds is 7. The Balaban J connectivity index is 1.98. The summed E-state index contributed by atoms with van der Waals surface area (Å²) in [6.45, 7) is 2.57. The average Bonchev–Trinajstić information content (AvgIpc) is 2.66. The predicted octanol–water partition coefficient (Wildman–Crippen LogP) is 3.24. The first-order valence-corrected chi connectivity index (χ1v) is 9.00. The van der Waals surface area contributed by atoms with Gasteiger partial charge in [0.25, 0.3) is 5.91 Å². The lowest BCUT2D eigenvalue weighted by Gasteiger charge is -2.16. The molecule has 28 heavy (non-hydrogen) atoms. The Hall–Kier alpha value is -3.12. The molecule has 0 fully saturated rings. The van der Waals surface area contributed by atoms with E-state index in [1.807, 2.05) is 12.1 Å². The van der Waals surface area contributed by atoms with E-state index in [4.69, 9.17) is 16.3 Å². The number of hydrogen-bond donors (Lipinski definition) is 2. The summed E-state index contributed by atoms with van der Waals surface area (Å²) < 4.78 is 5.04. The smallest absolute Gasteiger partial charge is 0.355 e. The molecule has 0 saturated carbocycles. The quantitative estimate of drug-likeness (QED) is 0.552. The van der Waals surface area contributed by atoms with Crippen LogP contribution in [0, 0.1) is 0 Å². The summed E-state index contributed by atoms with van der Waals surface area (Å²) in [4.78, 5) is 35.8. The molecule has 2 N–H and O–H groups in total. The highest BCUT2D eigenvalue weighted by Gasteiger charge is 2.17. The van der Waals surface area contributed by atoms with Crippen molar-refractivity contribution < 1.29 is 19.1 Å². The number of ether oxygens (including phenoxy) is 1. The molecule has 0 aliphatic rings. The fourth-order valence-corrected chi connectivity index (χ4v) is 2.75. The largest absolute Gasteiger partial charge is 0.451 e. The predicted molar refractivity (Wildman–Crippen MR) is 107 cm³/mol. The van der Waals surface area contributed by atoms with Crippen LogP contribution in [0.3, 0.4) is 0 Å². The molecule has 7 heteroatoms. The van der Waals surface area contributed by atoms with Gasteiger partial charge in [-0.15, -0.1) is 0 Å². The number of carbonyl (C=O) groups excluding carboxylic acids is 3. The standard InChI is InChI=1S/C21H21ClN2O4/c1-14(17-10-6-7-11-18(17)22)23-20(26)13-28-21(27)19(24-15(2)25)12-16-8-4-3-5-9-16/h3-12,14H,13H2,1-2H3,(H,23,26)(H,24,25)/b19-12-/t14-/m0/s1. The van der Waals surface area contributed by atoms with Gasteiger partial charge in [-0.25, -0.2) is 4.79 Å². The van der Waals surface area contributed by atoms with Crippen LogP contribution in [0.5, 0.6) is 0 Å². The van der Waals surface area contributed by atoms with E-state index in [1.165, 1.54) is 13.0 Å². The molecule has 0 unspecified atom stereocenters. The zero-order valence-electron chi connectivity index (χ0n) is 15.6. The number of hydrogen-bond acceptors (Lipinski definition) is 4. The van der Waals surface area contributed by atoms with Crippen molar-refractivity contribution in [3.05, 3.63) is 76.4 Å². The first-order valence-electron chi connectivity index (χ1n) is 8.62. The molecule has 0 aromatic heterocycles. The number of halogens is 1. The van der Waals surface area contributed by atoms with Gasteiger partial charge in [-0.05, 0) is 30.2 Å². The molecular weight excluding hydrogens is 380 g/mol. The maximum atomic E-state index is 12.3. The summed E-state index contributed by atoms with van der Waals surface area (Å²) in [7, 11) is 0. The van der Waals surface area contributed by atoms with Crippen LogP contribution < -0.4 is 10.6 Å². The molecule has 0 spiro atoms. The SMILES string of the molecule is CC(=O)N/C(=C\c1ccccc1)C(=O)OCC(=O)N[C@@H](C)c1ccccc1Cl. The van der Waals surface area contributed by atoms with Gasteiger partial charge in [-0.1, -0.05) is 60.1 Å². The van der Waals surface area contributed by atoms with E-state index in [2.05, 4.69) is 10.6 Å². The van der Waals surface area contributed by atoms with E-state index < -0.39 is 24.4 Å². The molecule has 2 amide bonds. The van der Waals surface area contributed by atoms with Crippen molar-refractivity contribution in [3.8, 4) is 0 Å². The van der Waals surface area contributed by atoms with Crippen molar-refractivity contribution in [2.75, 3.05) is 6.61 Å². The molecule has 0 aliphatic heterocycles. The molecule has 0 bridgehead atoms. The number of carbonyl (C=O) groups is 3. The topological polar surface area (TPSA) is 84.5 Å². The third kappa shape index (κ3) is 6.55. The highest BCUT2D eigenvalue weighted by molar-refractivity contribution is 6.31. The summed E-state index contributed by atoms with van der Waals surface area (Å²) in [5.74, 6) is -1.71. The van der Waals surface area contributed by atoms with E-state index in [0.717, 1.165) is 5.56 Å². The third-order valence-corrected chi connectivity index (χ3v) is 4.07. The van der Waals surface area contributed by atoms with Gasteiger partial charge in [-0.2, -0.15) is 0 Å². The Morgan fingerprint density at radius 2 is 1.71 bits per heavy atom. The van der Waals surface area contributed by atoms with Crippen LogP contribution in [0.1, 0.15) is 31.0 Å². The number of amides is 2. The fourth-order valence-electron chi connectivity index (χ4n) is 2.45. The highest BCUT2D eigenvalue weighted by atomic mass is 35.5. The highest BCUT2D eigenvalue weighted by Crippen LogP contribution is 2.21. The second-order valence-electron chi connectivity index (χ2n) is 6.04. The van der Waals surface area contributed by atoms with E-state index in [1.54, 1.807) is 49.4 Å². The summed E-state index contributed by atoms with van der Waals surface area (Å²) in [5, 5.41) is 5.67. The molecular formula is C21H21ClN2O4. The lowest BCUT2D eigenvalue weighted by atomic mass is 10.1. The van der Waals surface area contributed by atoms with Gasteiger partial charge in [0.1, 0.15) is 5.70 Å². The van der Waals surface area contributed by atoms with Crippen molar-refractivity contribution in [1.82, 2.24) is 10.6 Å². The summed E-state index contributed by atoms with van der Waals surface area (Å²) in [6, 6.07) is 15.8. The minimum atomic E-state index is -0.806. The average molecular weight is 401 g/mol. The van der Waals surface area contributed by atoms with Crippen LogP contribution in [0.15, 0.2) is 60.3 Å². The minimum absolute atomic E-state index is 0.0503. The third-order valence-electron chi connectivity index (χ3n) is 3.72. The van der Waals surface area contributed by atoms with Crippen LogP contribution in [-0.2, 0) is 19.1 Å². The maximum absolute atomic E-state index is 12.3. The van der Waals surface area contributed by atoms with Gasteiger partial charge in [-0.3, -0.25) is 9.59 Å². The molecule has 2 aromatic carbocycles. The second kappa shape index (κ2) is 10.3. The van der Waals surface area contributed by atoms with Gasteiger partial charge in [0.15, 0.2) is 6.61 Å². The van der Waals surface area contributed by atoms with Gasteiger partial charge < -0.3 is 15.4 Å². The zero-order valence-corrected chi connectivity index (χ0v) is 16.3. The van der Waals surface area contributed by atoms with Crippen molar-refractivity contribution in [3.63, 3.8) is 0 Å². The van der Waals surface area contributed by atoms with Crippen LogP contribution in [0.4, 0.5) is 0 Å². The number of nitrogens with one attached hydrogen (secondary N) is 2. The van der Waals surface area contributed by atoms with Crippen molar-refractivity contribution in [2.45, 2.75) is 19.9 Å². The molecule has 146 valence electrons. The second-order valence-corrected chi connectivity index (χ2v) is 6.44. The summed E-state index contributed by atoms with van der Waals surface area (Å²) >= 11 is 6.11. The van der Waals surface area contributed by atoms with Crippen LogP contribution in [-0.4, -0.2) is 24.4 Å².